The summed E-state index contributed by atoms with van der Waals surface area (Å²) in [5, 5.41) is 8.95. The van der Waals surface area contributed by atoms with Crippen LogP contribution in [0.15, 0.2) is 0 Å². The number of carbonyl (C=O) groups is 1. The van der Waals surface area contributed by atoms with Crippen LogP contribution in [0, 0.1) is 5.92 Å². The molecular formula is C20H40O3. The molecule has 0 heterocycles. The van der Waals surface area contributed by atoms with Gasteiger partial charge in [0.25, 0.3) is 0 Å². The Hall–Kier alpha value is -0.570. The van der Waals surface area contributed by atoms with Gasteiger partial charge in [0.15, 0.2) is 0 Å². The number of ether oxygens (including phenoxy) is 1. The van der Waals surface area contributed by atoms with Crippen molar-refractivity contribution in [2.45, 2.75) is 103 Å². The van der Waals surface area contributed by atoms with E-state index in [1.807, 2.05) is 0 Å². The third kappa shape index (κ3) is 17.6. The maximum Gasteiger partial charge on any atom is 0.305 e. The van der Waals surface area contributed by atoms with Gasteiger partial charge in [-0.3, -0.25) is 4.79 Å². The van der Waals surface area contributed by atoms with Crippen LogP contribution < -0.4 is 0 Å². The zero-order chi connectivity index (χ0) is 17.2. The van der Waals surface area contributed by atoms with Gasteiger partial charge >= 0.3 is 5.97 Å². The molecule has 0 amide bonds. The van der Waals surface area contributed by atoms with Crippen molar-refractivity contribution in [2.24, 2.45) is 5.92 Å². The van der Waals surface area contributed by atoms with Crippen molar-refractivity contribution in [3.05, 3.63) is 0 Å². The van der Waals surface area contributed by atoms with Crippen LogP contribution in [0.4, 0.5) is 0 Å². The fourth-order valence-corrected chi connectivity index (χ4v) is 2.90. The third-order valence-electron chi connectivity index (χ3n) is 4.62. The summed E-state index contributed by atoms with van der Waals surface area (Å²) in [5.74, 6) is 0.406. The molecule has 1 atom stereocenters. The number of aliphatic hydroxyl groups is 1. The average molecular weight is 329 g/mol. The number of hydrogen-bond donors (Lipinski definition) is 1. The Morgan fingerprint density at radius 2 is 1.17 bits per heavy atom. The average Bonchev–Trinajstić information content (AvgIpc) is 2.57. The van der Waals surface area contributed by atoms with Crippen LogP contribution in [0.5, 0.6) is 0 Å². The van der Waals surface area contributed by atoms with Crippen LogP contribution in [-0.2, 0) is 9.53 Å². The summed E-state index contributed by atoms with van der Waals surface area (Å²) >= 11 is 0. The molecule has 0 saturated carbocycles. The maximum atomic E-state index is 10.9. The molecule has 0 aromatic carbocycles. The molecule has 0 aromatic heterocycles. The van der Waals surface area contributed by atoms with E-state index < -0.39 is 0 Å². The van der Waals surface area contributed by atoms with Gasteiger partial charge in [-0.1, -0.05) is 84.0 Å². The van der Waals surface area contributed by atoms with E-state index >= 15 is 0 Å². The molecule has 138 valence electrons. The predicted molar refractivity (Wildman–Crippen MR) is 97.5 cm³/mol. The van der Waals surface area contributed by atoms with E-state index in [0.29, 0.717) is 18.9 Å². The molecule has 3 nitrogen and oxygen atoms in total. The zero-order valence-electron chi connectivity index (χ0n) is 15.7. The maximum absolute atomic E-state index is 10.9. The molecule has 1 unspecified atom stereocenters. The summed E-state index contributed by atoms with van der Waals surface area (Å²) in [4.78, 5) is 10.9. The summed E-state index contributed by atoms with van der Waals surface area (Å²) in [5.41, 5.74) is 0. The van der Waals surface area contributed by atoms with E-state index in [1.54, 1.807) is 0 Å². The first kappa shape index (κ1) is 22.4. The Bertz CT molecular complexity index is 253. The first-order chi connectivity index (χ1) is 11.2. The minimum absolute atomic E-state index is 0.0760. The van der Waals surface area contributed by atoms with Crippen molar-refractivity contribution in [3.8, 4) is 0 Å². The molecule has 0 aliphatic carbocycles. The molecule has 0 bridgehead atoms. The van der Waals surface area contributed by atoms with Crippen molar-refractivity contribution in [1.82, 2.24) is 0 Å². The molecule has 1 N–H and O–H groups in total. The second-order valence-electron chi connectivity index (χ2n) is 7.00. The number of unbranched alkanes of at least 4 members (excludes halogenated alkanes) is 12. The lowest BCUT2D eigenvalue weighted by molar-refractivity contribution is -0.140. The Kier molecular flexibility index (Phi) is 17.3. The molecule has 0 aromatic rings. The van der Waals surface area contributed by atoms with Crippen LogP contribution in [0.25, 0.3) is 0 Å². The Morgan fingerprint density at radius 3 is 1.57 bits per heavy atom. The highest BCUT2D eigenvalue weighted by Gasteiger charge is 2.00. The topological polar surface area (TPSA) is 46.5 Å². The van der Waals surface area contributed by atoms with Gasteiger partial charge in [-0.25, -0.2) is 0 Å². The Morgan fingerprint density at radius 1 is 0.783 bits per heavy atom. The van der Waals surface area contributed by atoms with Crippen molar-refractivity contribution in [3.63, 3.8) is 0 Å². The number of carbonyl (C=O) groups excluding carboxylic acids is 1. The summed E-state index contributed by atoms with van der Waals surface area (Å²) in [6, 6.07) is 0. The predicted octanol–water partition coefficient (Wildman–Crippen LogP) is 5.64. The molecule has 0 radical (unpaired) electrons. The third-order valence-corrected chi connectivity index (χ3v) is 4.62. The van der Waals surface area contributed by atoms with E-state index in [1.165, 1.54) is 84.2 Å². The molecule has 3 heteroatoms. The molecule has 0 rings (SSSR count). The molecule has 0 spiro atoms. The van der Waals surface area contributed by atoms with Gasteiger partial charge in [0.05, 0.1) is 7.11 Å². The number of methoxy groups -OCH3 is 1. The van der Waals surface area contributed by atoms with E-state index in [-0.39, 0.29) is 5.97 Å². The fraction of sp³-hybridized carbons (Fsp3) is 0.950. The lowest BCUT2D eigenvalue weighted by Gasteiger charge is -2.07. The molecular weight excluding hydrogens is 288 g/mol. The van der Waals surface area contributed by atoms with Crippen molar-refractivity contribution in [1.29, 1.82) is 0 Å². The molecule has 0 fully saturated rings. The first-order valence-electron chi connectivity index (χ1n) is 9.88. The van der Waals surface area contributed by atoms with Crippen LogP contribution in [0.2, 0.25) is 0 Å². The number of aliphatic hydroxyl groups excluding tert-OH is 1. The minimum Gasteiger partial charge on any atom is -0.469 e. The summed E-state index contributed by atoms with van der Waals surface area (Å²) < 4.78 is 4.63. The summed E-state index contributed by atoms with van der Waals surface area (Å²) in [7, 11) is 1.46. The second kappa shape index (κ2) is 17.8. The minimum atomic E-state index is -0.0760. The van der Waals surface area contributed by atoms with Crippen LogP contribution >= 0.6 is 0 Å². The molecule has 0 aliphatic heterocycles. The number of esters is 1. The van der Waals surface area contributed by atoms with Gasteiger partial charge in [-0.05, 0) is 18.8 Å². The number of rotatable bonds is 17. The monoisotopic (exact) mass is 328 g/mol. The standard InChI is InChI=1S/C20H40O3/c1-19(18-21)16-14-12-10-8-6-4-3-5-7-9-11-13-15-17-20(22)23-2/h19,21H,3-18H2,1-2H3. The first-order valence-corrected chi connectivity index (χ1v) is 9.88. The summed E-state index contributed by atoms with van der Waals surface area (Å²) in [6.45, 7) is 2.46. The van der Waals surface area contributed by atoms with Gasteiger partial charge in [0.1, 0.15) is 0 Å². The van der Waals surface area contributed by atoms with E-state index in [2.05, 4.69) is 11.7 Å². The summed E-state index contributed by atoms with van der Waals surface area (Å²) in [6.07, 6.45) is 18.6. The van der Waals surface area contributed by atoms with E-state index in [9.17, 15) is 4.79 Å². The van der Waals surface area contributed by atoms with Gasteiger partial charge in [-0.15, -0.1) is 0 Å². The highest BCUT2D eigenvalue weighted by molar-refractivity contribution is 5.68. The zero-order valence-corrected chi connectivity index (χ0v) is 15.7. The Balaban J connectivity index is 3.04. The van der Waals surface area contributed by atoms with Gasteiger partial charge in [-0.2, -0.15) is 0 Å². The van der Waals surface area contributed by atoms with Crippen molar-refractivity contribution < 1.29 is 14.6 Å². The molecule has 0 saturated heterocycles. The highest BCUT2D eigenvalue weighted by Crippen LogP contribution is 2.14. The fourth-order valence-electron chi connectivity index (χ4n) is 2.90. The number of hydrogen-bond acceptors (Lipinski definition) is 3. The largest absolute Gasteiger partial charge is 0.469 e. The molecule has 0 aliphatic rings. The van der Waals surface area contributed by atoms with Crippen LogP contribution in [0.1, 0.15) is 103 Å². The quantitative estimate of drug-likeness (QED) is 0.278. The molecule has 23 heavy (non-hydrogen) atoms. The van der Waals surface area contributed by atoms with Gasteiger partial charge in [0, 0.05) is 13.0 Å². The van der Waals surface area contributed by atoms with Crippen molar-refractivity contribution in [2.75, 3.05) is 13.7 Å². The SMILES string of the molecule is COC(=O)CCCCCCCCCCCCCCCC(C)CO. The van der Waals surface area contributed by atoms with Crippen LogP contribution in [-0.4, -0.2) is 24.8 Å². The smallest absolute Gasteiger partial charge is 0.305 e. The van der Waals surface area contributed by atoms with Gasteiger partial charge in [0.2, 0.25) is 0 Å². The lowest BCUT2D eigenvalue weighted by Crippen LogP contribution is -1.99. The van der Waals surface area contributed by atoms with E-state index in [4.69, 9.17) is 5.11 Å². The lowest BCUT2D eigenvalue weighted by atomic mass is 10.0. The highest BCUT2D eigenvalue weighted by atomic mass is 16.5. The Labute approximate surface area is 144 Å². The normalized spacial score (nSPS) is 12.3. The van der Waals surface area contributed by atoms with Crippen LogP contribution in [0.3, 0.4) is 0 Å². The van der Waals surface area contributed by atoms with E-state index in [0.717, 1.165) is 12.8 Å². The second-order valence-corrected chi connectivity index (χ2v) is 7.00. The van der Waals surface area contributed by atoms with Gasteiger partial charge < -0.3 is 9.84 Å². The van der Waals surface area contributed by atoms with Crippen molar-refractivity contribution >= 4 is 5.97 Å².